The van der Waals surface area contributed by atoms with E-state index in [4.69, 9.17) is 4.98 Å². The summed E-state index contributed by atoms with van der Waals surface area (Å²) < 4.78 is 1.04. The first-order valence-electron chi connectivity index (χ1n) is 6.46. The minimum atomic E-state index is -0.537. The molecule has 2 atom stereocenters. The Morgan fingerprint density at radius 2 is 2.10 bits per heavy atom. The number of benzene rings is 1. The van der Waals surface area contributed by atoms with Crippen LogP contribution in [0.3, 0.4) is 0 Å². The van der Waals surface area contributed by atoms with Gasteiger partial charge in [-0.15, -0.1) is 0 Å². The Morgan fingerprint density at radius 1 is 1.25 bits per heavy atom. The highest BCUT2D eigenvalue weighted by atomic mass is 79.9. The lowest BCUT2D eigenvalue weighted by Crippen LogP contribution is -2.22. The number of hydrogen-bond donors (Lipinski definition) is 0. The first-order chi connectivity index (χ1) is 9.62. The molecular formula is C17H13BrN2. The van der Waals surface area contributed by atoms with Crippen LogP contribution in [0.4, 0.5) is 0 Å². The summed E-state index contributed by atoms with van der Waals surface area (Å²) in [6.07, 6.45) is 7.91. The Labute approximate surface area is 126 Å². The van der Waals surface area contributed by atoms with E-state index in [9.17, 15) is 5.26 Å². The van der Waals surface area contributed by atoms with Gasteiger partial charge in [-0.25, -0.2) is 0 Å². The molecule has 98 valence electrons. The number of rotatable bonds is 1. The van der Waals surface area contributed by atoms with E-state index in [-0.39, 0.29) is 5.92 Å². The van der Waals surface area contributed by atoms with E-state index in [0.717, 1.165) is 21.1 Å². The van der Waals surface area contributed by atoms with E-state index in [0.29, 0.717) is 0 Å². The summed E-state index contributed by atoms with van der Waals surface area (Å²) in [5.74, 6) is -0.00875. The number of aromatic nitrogens is 1. The molecule has 3 rings (SSSR count). The van der Waals surface area contributed by atoms with Crippen molar-refractivity contribution in [2.75, 3.05) is 0 Å². The van der Waals surface area contributed by atoms with E-state index in [2.05, 4.69) is 34.1 Å². The Morgan fingerprint density at radius 3 is 2.90 bits per heavy atom. The average Bonchev–Trinajstić information content (AvgIpc) is 2.47. The van der Waals surface area contributed by atoms with Crippen LogP contribution in [0.25, 0.3) is 10.9 Å². The van der Waals surface area contributed by atoms with E-state index in [1.165, 1.54) is 0 Å². The molecule has 0 amide bonds. The minimum absolute atomic E-state index is 0.00875. The summed E-state index contributed by atoms with van der Waals surface area (Å²) in [6, 6.07) is 12.5. The van der Waals surface area contributed by atoms with E-state index in [1.54, 1.807) is 0 Å². The van der Waals surface area contributed by atoms with Crippen molar-refractivity contribution in [3.8, 4) is 6.07 Å². The third-order valence-electron chi connectivity index (χ3n) is 3.74. The number of halogens is 1. The molecule has 20 heavy (non-hydrogen) atoms. The molecule has 2 nitrogen and oxygen atoms in total. The smallest absolute Gasteiger partial charge is 0.0846 e. The summed E-state index contributed by atoms with van der Waals surface area (Å²) >= 11 is 3.47. The van der Waals surface area contributed by atoms with Crippen molar-refractivity contribution < 1.29 is 0 Å². The third-order valence-corrected chi connectivity index (χ3v) is 4.23. The first-order valence-corrected chi connectivity index (χ1v) is 7.25. The molecule has 1 aliphatic carbocycles. The second kappa shape index (κ2) is 4.88. The zero-order valence-corrected chi connectivity index (χ0v) is 12.6. The number of fused-ring (bicyclic) bond motifs is 1. The molecule has 1 aliphatic rings. The molecule has 0 radical (unpaired) electrons. The maximum Gasteiger partial charge on any atom is 0.0846 e. The van der Waals surface area contributed by atoms with Gasteiger partial charge < -0.3 is 0 Å². The standard InChI is InChI=1S/C17H13BrN2/c1-17(11-19)9-3-2-4-14(17)16-7-5-12-10-13(18)6-8-15(12)20-16/h2-10,14H,1H3. The van der Waals surface area contributed by atoms with Crippen LogP contribution in [0.15, 0.2) is 59.1 Å². The predicted octanol–water partition coefficient (Wildman–Crippen LogP) is 4.74. The maximum absolute atomic E-state index is 9.46. The largest absolute Gasteiger partial charge is 0.252 e. The second-order valence-electron chi connectivity index (χ2n) is 5.19. The van der Waals surface area contributed by atoms with Crippen LogP contribution in [-0.4, -0.2) is 4.98 Å². The van der Waals surface area contributed by atoms with Crippen LogP contribution in [0, 0.1) is 16.7 Å². The number of nitrogens with zero attached hydrogens (tertiary/aromatic N) is 2. The van der Waals surface area contributed by atoms with Gasteiger partial charge in [0.15, 0.2) is 0 Å². The van der Waals surface area contributed by atoms with Gasteiger partial charge >= 0.3 is 0 Å². The third kappa shape index (κ3) is 2.17. The van der Waals surface area contributed by atoms with Gasteiger partial charge in [-0.1, -0.05) is 46.3 Å². The van der Waals surface area contributed by atoms with Crippen molar-refractivity contribution in [2.45, 2.75) is 12.8 Å². The quantitative estimate of drug-likeness (QED) is 0.759. The lowest BCUT2D eigenvalue weighted by molar-refractivity contribution is 0.490. The normalized spacial score (nSPS) is 24.8. The summed E-state index contributed by atoms with van der Waals surface area (Å²) in [7, 11) is 0. The van der Waals surface area contributed by atoms with Gasteiger partial charge in [0, 0.05) is 21.5 Å². The molecule has 0 bridgehead atoms. The Kier molecular flexibility index (Phi) is 3.19. The van der Waals surface area contributed by atoms with Gasteiger partial charge in [0.2, 0.25) is 0 Å². The van der Waals surface area contributed by atoms with Gasteiger partial charge in [0.25, 0.3) is 0 Å². The molecule has 0 saturated heterocycles. The van der Waals surface area contributed by atoms with E-state index in [1.807, 2.05) is 49.4 Å². The molecule has 0 fully saturated rings. The highest BCUT2D eigenvalue weighted by Crippen LogP contribution is 2.39. The zero-order chi connectivity index (χ0) is 14.2. The summed E-state index contributed by atoms with van der Waals surface area (Å²) in [5, 5.41) is 10.6. The van der Waals surface area contributed by atoms with Gasteiger partial charge in [-0.05, 0) is 31.2 Å². The fourth-order valence-corrected chi connectivity index (χ4v) is 2.91. The highest BCUT2D eigenvalue weighted by molar-refractivity contribution is 9.10. The van der Waals surface area contributed by atoms with Crippen molar-refractivity contribution in [1.29, 1.82) is 5.26 Å². The molecule has 1 heterocycles. The number of nitriles is 1. The molecule has 0 aliphatic heterocycles. The molecule has 3 heteroatoms. The van der Waals surface area contributed by atoms with Crippen molar-refractivity contribution in [2.24, 2.45) is 5.41 Å². The predicted molar refractivity (Wildman–Crippen MR) is 84.2 cm³/mol. The van der Waals surface area contributed by atoms with Gasteiger partial charge in [0.1, 0.15) is 0 Å². The SMILES string of the molecule is CC1(C#N)C=CC=CC1c1ccc2cc(Br)ccc2n1. The van der Waals surface area contributed by atoms with Crippen molar-refractivity contribution >= 4 is 26.8 Å². The fraction of sp³-hybridized carbons (Fsp3) is 0.176. The maximum atomic E-state index is 9.46. The summed E-state index contributed by atoms with van der Waals surface area (Å²) in [6.45, 7) is 1.95. The highest BCUT2D eigenvalue weighted by Gasteiger charge is 2.33. The first kappa shape index (κ1) is 13.1. The molecule has 1 aromatic heterocycles. The summed E-state index contributed by atoms with van der Waals surface area (Å²) in [4.78, 5) is 4.73. The lowest BCUT2D eigenvalue weighted by atomic mass is 9.74. The average molecular weight is 325 g/mol. The monoisotopic (exact) mass is 324 g/mol. The Bertz CT molecular complexity index is 770. The fourth-order valence-electron chi connectivity index (χ4n) is 2.53. The molecule has 0 spiro atoms. The molecule has 1 aromatic carbocycles. The van der Waals surface area contributed by atoms with Crippen molar-refractivity contribution in [3.05, 3.63) is 64.8 Å². The van der Waals surface area contributed by atoms with Crippen LogP contribution in [0.1, 0.15) is 18.5 Å². The Hall–Kier alpha value is -1.92. The van der Waals surface area contributed by atoms with Crippen LogP contribution < -0.4 is 0 Å². The van der Waals surface area contributed by atoms with Crippen molar-refractivity contribution in [3.63, 3.8) is 0 Å². The number of hydrogen-bond acceptors (Lipinski definition) is 2. The number of allylic oxidation sites excluding steroid dienone is 4. The zero-order valence-electron chi connectivity index (χ0n) is 11.0. The summed E-state index contributed by atoms with van der Waals surface area (Å²) in [5.41, 5.74) is 1.35. The van der Waals surface area contributed by atoms with Crippen LogP contribution in [0.2, 0.25) is 0 Å². The molecule has 0 saturated carbocycles. The topological polar surface area (TPSA) is 36.7 Å². The van der Waals surface area contributed by atoms with Crippen molar-refractivity contribution in [1.82, 2.24) is 4.98 Å². The lowest BCUT2D eigenvalue weighted by Gasteiger charge is -2.28. The van der Waals surface area contributed by atoms with Gasteiger partial charge in [-0.2, -0.15) is 5.26 Å². The molecule has 0 N–H and O–H groups in total. The molecule has 2 unspecified atom stereocenters. The second-order valence-corrected chi connectivity index (χ2v) is 6.10. The molecular weight excluding hydrogens is 312 g/mol. The number of pyridine rings is 1. The van der Waals surface area contributed by atoms with Gasteiger partial charge in [0.05, 0.1) is 17.0 Å². The van der Waals surface area contributed by atoms with Crippen LogP contribution >= 0.6 is 15.9 Å². The van der Waals surface area contributed by atoms with E-state index < -0.39 is 5.41 Å². The minimum Gasteiger partial charge on any atom is -0.252 e. The molecule has 2 aromatic rings. The van der Waals surface area contributed by atoms with Gasteiger partial charge in [-0.3, -0.25) is 4.98 Å². The van der Waals surface area contributed by atoms with Crippen LogP contribution in [-0.2, 0) is 0 Å². The Balaban J connectivity index is 2.11. The van der Waals surface area contributed by atoms with Crippen LogP contribution in [0.5, 0.6) is 0 Å². The van der Waals surface area contributed by atoms with E-state index >= 15 is 0 Å².